The van der Waals surface area contributed by atoms with E-state index in [2.05, 4.69) is 25.9 Å². The molecule has 0 aliphatic carbocycles. The summed E-state index contributed by atoms with van der Waals surface area (Å²) in [5.41, 5.74) is 7.83. The smallest absolute Gasteiger partial charge is 0.129 e. The highest BCUT2D eigenvalue weighted by atomic mass is 79.9. The first kappa shape index (κ1) is 12.0. The Morgan fingerprint density at radius 2 is 2.06 bits per heavy atom. The van der Waals surface area contributed by atoms with Crippen LogP contribution >= 0.6 is 15.9 Å². The fourth-order valence-corrected chi connectivity index (χ4v) is 2.15. The molecule has 0 aliphatic heterocycles. The van der Waals surface area contributed by atoms with Crippen molar-refractivity contribution < 1.29 is 5.11 Å². The van der Waals surface area contributed by atoms with E-state index < -0.39 is 6.10 Å². The van der Waals surface area contributed by atoms with Crippen LogP contribution in [0.5, 0.6) is 0 Å². The van der Waals surface area contributed by atoms with Crippen molar-refractivity contribution in [3.05, 3.63) is 51.9 Å². The predicted octanol–water partition coefficient (Wildman–Crippen LogP) is 2.21. The number of halogens is 1. The molecule has 17 heavy (non-hydrogen) atoms. The van der Waals surface area contributed by atoms with Gasteiger partial charge in [-0.2, -0.15) is 0 Å². The molecule has 0 saturated carbocycles. The fraction of sp³-hybridized carbons (Fsp3) is 0.167. The van der Waals surface area contributed by atoms with Crippen LogP contribution < -0.4 is 5.73 Å². The Bertz CT molecular complexity index is 525. The van der Waals surface area contributed by atoms with Crippen LogP contribution in [0.1, 0.15) is 22.9 Å². The Labute approximate surface area is 108 Å². The van der Waals surface area contributed by atoms with Crippen molar-refractivity contribution in [2.24, 2.45) is 0 Å². The van der Waals surface area contributed by atoms with Gasteiger partial charge in [-0.15, -0.1) is 0 Å². The minimum atomic E-state index is -0.876. The maximum Gasteiger partial charge on any atom is 0.129 e. The van der Waals surface area contributed by atoms with Crippen molar-refractivity contribution >= 4 is 21.7 Å². The maximum absolute atomic E-state index is 10.3. The number of hydrogen-bond acceptors (Lipinski definition) is 4. The lowest BCUT2D eigenvalue weighted by molar-refractivity contribution is 0.214. The first-order chi connectivity index (χ1) is 8.11. The number of nitrogen functional groups attached to an aromatic ring is 1. The molecule has 1 unspecified atom stereocenters. The number of aliphatic hydroxyl groups excluding tert-OH is 1. The number of hydrogen-bond donors (Lipinski definition) is 2. The topological polar surface area (TPSA) is 72.0 Å². The SMILES string of the molecule is Cc1ccnc(N)c1C(O)c1ncccc1Br. The molecule has 3 N–H and O–H groups in total. The van der Waals surface area contributed by atoms with Crippen LogP contribution in [0, 0.1) is 6.92 Å². The first-order valence-corrected chi connectivity index (χ1v) is 5.90. The third kappa shape index (κ3) is 2.30. The first-order valence-electron chi connectivity index (χ1n) is 5.10. The fourth-order valence-electron chi connectivity index (χ4n) is 1.68. The molecule has 0 bridgehead atoms. The van der Waals surface area contributed by atoms with Gasteiger partial charge in [0, 0.05) is 22.4 Å². The van der Waals surface area contributed by atoms with E-state index in [-0.39, 0.29) is 0 Å². The zero-order chi connectivity index (χ0) is 12.4. The molecule has 5 heteroatoms. The van der Waals surface area contributed by atoms with Gasteiger partial charge in [0.05, 0.1) is 5.69 Å². The summed E-state index contributed by atoms with van der Waals surface area (Å²) < 4.78 is 0.746. The van der Waals surface area contributed by atoms with Gasteiger partial charge in [0.2, 0.25) is 0 Å². The Balaban J connectivity index is 2.51. The summed E-state index contributed by atoms with van der Waals surface area (Å²) in [6, 6.07) is 5.43. The molecule has 1 atom stereocenters. The van der Waals surface area contributed by atoms with Crippen LogP contribution in [-0.2, 0) is 0 Å². The number of aliphatic hydroxyl groups is 1. The van der Waals surface area contributed by atoms with Gasteiger partial charge in [-0.05, 0) is 46.6 Å². The molecule has 2 rings (SSSR count). The lowest BCUT2D eigenvalue weighted by Crippen LogP contribution is -2.09. The number of nitrogens with two attached hydrogens (primary N) is 1. The molecule has 0 spiro atoms. The minimum Gasteiger partial charge on any atom is -0.383 e. The highest BCUT2D eigenvalue weighted by Crippen LogP contribution is 2.30. The van der Waals surface area contributed by atoms with Crippen molar-refractivity contribution in [2.75, 3.05) is 5.73 Å². The quantitative estimate of drug-likeness (QED) is 0.890. The molecule has 0 saturated heterocycles. The largest absolute Gasteiger partial charge is 0.383 e. The maximum atomic E-state index is 10.3. The van der Waals surface area contributed by atoms with Crippen LogP contribution in [-0.4, -0.2) is 15.1 Å². The monoisotopic (exact) mass is 293 g/mol. The van der Waals surface area contributed by atoms with Crippen LogP contribution in [0.2, 0.25) is 0 Å². The van der Waals surface area contributed by atoms with Crippen LogP contribution in [0.25, 0.3) is 0 Å². The average molecular weight is 294 g/mol. The summed E-state index contributed by atoms with van der Waals surface area (Å²) in [4.78, 5) is 8.15. The molecule has 0 fully saturated rings. The Morgan fingerprint density at radius 1 is 1.29 bits per heavy atom. The lowest BCUT2D eigenvalue weighted by atomic mass is 10.0. The van der Waals surface area contributed by atoms with Crippen molar-refractivity contribution in [1.82, 2.24) is 9.97 Å². The number of aromatic nitrogens is 2. The molecule has 4 nitrogen and oxygen atoms in total. The third-order valence-electron chi connectivity index (χ3n) is 2.56. The van der Waals surface area contributed by atoms with Crippen LogP contribution in [0.3, 0.4) is 0 Å². The van der Waals surface area contributed by atoms with E-state index >= 15 is 0 Å². The van der Waals surface area contributed by atoms with Crippen molar-refractivity contribution in [3.8, 4) is 0 Å². The second-order valence-electron chi connectivity index (χ2n) is 3.70. The zero-order valence-corrected chi connectivity index (χ0v) is 10.8. The Hall–Kier alpha value is -1.46. The molecule has 0 radical (unpaired) electrons. The average Bonchev–Trinajstić information content (AvgIpc) is 2.29. The van der Waals surface area contributed by atoms with Gasteiger partial charge in [0.25, 0.3) is 0 Å². The third-order valence-corrected chi connectivity index (χ3v) is 3.23. The zero-order valence-electron chi connectivity index (χ0n) is 9.26. The summed E-state index contributed by atoms with van der Waals surface area (Å²) in [5, 5.41) is 10.3. The molecule has 0 aliphatic rings. The molecule has 88 valence electrons. The highest BCUT2D eigenvalue weighted by Gasteiger charge is 2.19. The number of anilines is 1. The predicted molar refractivity (Wildman–Crippen MR) is 69.4 cm³/mol. The van der Waals surface area contributed by atoms with Crippen molar-refractivity contribution in [2.45, 2.75) is 13.0 Å². The van der Waals surface area contributed by atoms with E-state index in [1.165, 1.54) is 0 Å². The number of rotatable bonds is 2. The highest BCUT2D eigenvalue weighted by molar-refractivity contribution is 9.10. The van der Waals surface area contributed by atoms with E-state index in [0.717, 1.165) is 10.0 Å². The molecule has 0 amide bonds. The van der Waals surface area contributed by atoms with Gasteiger partial charge in [-0.25, -0.2) is 4.98 Å². The van der Waals surface area contributed by atoms with Gasteiger partial charge in [-0.3, -0.25) is 4.98 Å². The summed E-state index contributed by atoms with van der Waals surface area (Å²) in [6.07, 6.45) is 2.37. The Kier molecular flexibility index (Phi) is 3.40. The normalized spacial score (nSPS) is 12.4. The van der Waals surface area contributed by atoms with Gasteiger partial charge in [0.1, 0.15) is 11.9 Å². The number of aryl methyl sites for hydroxylation is 1. The van der Waals surface area contributed by atoms with E-state index in [0.29, 0.717) is 17.1 Å². The molecular formula is C12H12BrN3O. The Morgan fingerprint density at radius 3 is 2.71 bits per heavy atom. The van der Waals surface area contributed by atoms with Crippen LogP contribution in [0.4, 0.5) is 5.82 Å². The van der Waals surface area contributed by atoms with E-state index in [1.807, 2.05) is 19.1 Å². The second-order valence-corrected chi connectivity index (χ2v) is 4.55. The molecule has 2 aromatic rings. The molecular weight excluding hydrogens is 282 g/mol. The van der Waals surface area contributed by atoms with Gasteiger partial charge >= 0.3 is 0 Å². The summed E-state index contributed by atoms with van der Waals surface area (Å²) in [7, 11) is 0. The van der Waals surface area contributed by atoms with Crippen LogP contribution in [0.15, 0.2) is 35.1 Å². The molecule has 0 aromatic carbocycles. The van der Waals surface area contributed by atoms with E-state index in [1.54, 1.807) is 18.5 Å². The van der Waals surface area contributed by atoms with E-state index in [4.69, 9.17) is 5.73 Å². The van der Waals surface area contributed by atoms with Gasteiger partial charge in [0.15, 0.2) is 0 Å². The van der Waals surface area contributed by atoms with Gasteiger partial charge < -0.3 is 10.8 Å². The van der Waals surface area contributed by atoms with Crippen molar-refractivity contribution in [3.63, 3.8) is 0 Å². The second kappa shape index (κ2) is 4.81. The van der Waals surface area contributed by atoms with Crippen molar-refractivity contribution in [1.29, 1.82) is 0 Å². The molecule has 2 aromatic heterocycles. The summed E-state index contributed by atoms with van der Waals surface area (Å²) in [6.45, 7) is 1.88. The lowest BCUT2D eigenvalue weighted by Gasteiger charge is -2.15. The van der Waals surface area contributed by atoms with E-state index in [9.17, 15) is 5.11 Å². The number of pyridine rings is 2. The summed E-state index contributed by atoms with van der Waals surface area (Å²) >= 11 is 3.36. The minimum absolute atomic E-state index is 0.329. The standard InChI is InChI=1S/C12H12BrN3O/c1-7-4-6-16-12(14)9(7)11(17)10-8(13)3-2-5-15-10/h2-6,11,17H,1H3,(H2,14,16). The van der Waals surface area contributed by atoms with Gasteiger partial charge in [-0.1, -0.05) is 0 Å². The number of nitrogens with zero attached hydrogens (tertiary/aromatic N) is 2. The summed E-state index contributed by atoms with van der Waals surface area (Å²) in [5.74, 6) is 0.329. The molecule has 2 heterocycles.